The predicted molar refractivity (Wildman–Crippen MR) is 70.0 cm³/mol. The topological polar surface area (TPSA) is 29.3 Å². The van der Waals surface area contributed by atoms with Gasteiger partial charge in [0.15, 0.2) is 0 Å². The first kappa shape index (κ1) is 11.5. The number of aryl methyl sites for hydroxylation is 1. The minimum atomic E-state index is -0.0597. The molecule has 0 saturated heterocycles. The maximum Gasteiger partial charge on any atom is 0.0397 e. The number of nitrogens with two attached hydrogens (primary N) is 1. The van der Waals surface area contributed by atoms with Crippen LogP contribution >= 0.6 is 0 Å². The third-order valence-corrected chi connectivity index (χ3v) is 3.33. The average Bonchev–Trinajstić information content (AvgIpc) is 2.56. The number of hydrogen-bond acceptors (Lipinski definition) is 2. The van der Waals surface area contributed by atoms with E-state index in [4.69, 9.17) is 5.73 Å². The van der Waals surface area contributed by atoms with Crippen molar-refractivity contribution in [3.05, 3.63) is 29.3 Å². The average molecular weight is 218 g/mol. The van der Waals surface area contributed by atoms with Gasteiger partial charge in [-0.05, 0) is 50.3 Å². The Bertz CT molecular complexity index is 377. The Morgan fingerprint density at radius 2 is 2.12 bits per heavy atom. The summed E-state index contributed by atoms with van der Waals surface area (Å²) in [6, 6.07) is 6.85. The molecule has 88 valence electrons. The van der Waals surface area contributed by atoms with E-state index in [1.165, 1.54) is 23.2 Å². The first-order chi connectivity index (χ1) is 7.46. The lowest BCUT2D eigenvalue weighted by Gasteiger charge is -2.18. The van der Waals surface area contributed by atoms with Gasteiger partial charge in [0, 0.05) is 24.8 Å². The largest absolute Gasteiger partial charge is 0.374 e. The summed E-state index contributed by atoms with van der Waals surface area (Å²) in [6.07, 6.45) is 3.31. The SMILES string of the molecule is CN1CCc2cc(CCC(C)(C)N)ccc21. The van der Waals surface area contributed by atoms with Crippen LogP contribution in [0.1, 0.15) is 31.4 Å². The third kappa shape index (κ3) is 2.56. The minimum absolute atomic E-state index is 0.0597. The Kier molecular flexibility index (Phi) is 2.94. The zero-order chi connectivity index (χ0) is 11.8. The van der Waals surface area contributed by atoms with E-state index in [0.717, 1.165) is 19.4 Å². The third-order valence-electron chi connectivity index (χ3n) is 3.33. The predicted octanol–water partition coefficient (Wildman–Crippen LogP) is 2.35. The van der Waals surface area contributed by atoms with E-state index >= 15 is 0 Å². The van der Waals surface area contributed by atoms with Gasteiger partial charge >= 0.3 is 0 Å². The molecule has 1 aromatic rings. The number of hydrogen-bond donors (Lipinski definition) is 1. The summed E-state index contributed by atoms with van der Waals surface area (Å²) in [6.45, 7) is 5.34. The van der Waals surface area contributed by atoms with Gasteiger partial charge in [0.2, 0.25) is 0 Å². The molecule has 0 spiro atoms. The van der Waals surface area contributed by atoms with Gasteiger partial charge in [0.25, 0.3) is 0 Å². The van der Waals surface area contributed by atoms with E-state index in [1.807, 2.05) is 0 Å². The molecule has 2 rings (SSSR count). The summed E-state index contributed by atoms with van der Waals surface area (Å²) in [5.74, 6) is 0. The second kappa shape index (κ2) is 4.10. The van der Waals surface area contributed by atoms with Crippen molar-refractivity contribution in [2.75, 3.05) is 18.5 Å². The molecule has 1 aromatic carbocycles. The summed E-state index contributed by atoms with van der Waals surface area (Å²) in [5, 5.41) is 0. The highest BCUT2D eigenvalue weighted by atomic mass is 15.1. The molecule has 0 fully saturated rings. The van der Waals surface area contributed by atoms with E-state index in [2.05, 4.69) is 44.0 Å². The van der Waals surface area contributed by atoms with Gasteiger partial charge in [-0.3, -0.25) is 0 Å². The zero-order valence-electron chi connectivity index (χ0n) is 10.6. The first-order valence-electron chi connectivity index (χ1n) is 6.07. The lowest BCUT2D eigenvalue weighted by molar-refractivity contribution is 0.477. The molecule has 2 N–H and O–H groups in total. The zero-order valence-corrected chi connectivity index (χ0v) is 10.6. The molecule has 1 aliphatic heterocycles. The van der Waals surface area contributed by atoms with Gasteiger partial charge in [0.05, 0.1) is 0 Å². The van der Waals surface area contributed by atoms with Crippen molar-refractivity contribution in [2.45, 2.75) is 38.6 Å². The Labute approximate surface area is 98.4 Å². The monoisotopic (exact) mass is 218 g/mol. The van der Waals surface area contributed by atoms with Crippen molar-refractivity contribution >= 4 is 5.69 Å². The second-order valence-corrected chi connectivity index (χ2v) is 5.62. The smallest absolute Gasteiger partial charge is 0.0397 e. The molecule has 2 heteroatoms. The molecule has 1 heterocycles. The van der Waals surface area contributed by atoms with Gasteiger partial charge in [-0.1, -0.05) is 12.1 Å². The summed E-state index contributed by atoms with van der Waals surface area (Å²) in [4.78, 5) is 2.33. The van der Waals surface area contributed by atoms with E-state index in [9.17, 15) is 0 Å². The molecule has 1 aliphatic rings. The maximum atomic E-state index is 6.01. The lowest BCUT2D eigenvalue weighted by Crippen LogP contribution is -2.32. The van der Waals surface area contributed by atoms with E-state index in [-0.39, 0.29) is 5.54 Å². The summed E-state index contributed by atoms with van der Waals surface area (Å²) in [5.41, 5.74) is 10.3. The summed E-state index contributed by atoms with van der Waals surface area (Å²) >= 11 is 0. The second-order valence-electron chi connectivity index (χ2n) is 5.62. The number of anilines is 1. The highest BCUT2D eigenvalue weighted by Gasteiger charge is 2.16. The number of benzene rings is 1. The maximum absolute atomic E-state index is 6.01. The number of rotatable bonds is 3. The Hall–Kier alpha value is -1.02. The Morgan fingerprint density at radius 3 is 2.81 bits per heavy atom. The Morgan fingerprint density at radius 1 is 1.38 bits per heavy atom. The summed E-state index contributed by atoms with van der Waals surface area (Å²) in [7, 11) is 2.16. The quantitative estimate of drug-likeness (QED) is 0.844. The Balaban J connectivity index is 2.08. The lowest BCUT2D eigenvalue weighted by atomic mass is 9.95. The van der Waals surface area contributed by atoms with Crippen molar-refractivity contribution in [3.8, 4) is 0 Å². The molecule has 0 aromatic heterocycles. The normalized spacial score (nSPS) is 15.4. The van der Waals surface area contributed by atoms with Gasteiger partial charge in [-0.2, -0.15) is 0 Å². The van der Waals surface area contributed by atoms with Crippen molar-refractivity contribution in [3.63, 3.8) is 0 Å². The molecule has 0 radical (unpaired) electrons. The minimum Gasteiger partial charge on any atom is -0.374 e. The van der Waals surface area contributed by atoms with Crippen LogP contribution < -0.4 is 10.6 Å². The van der Waals surface area contributed by atoms with E-state index in [0.29, 0.717) is 0 Å². The summed E-state index contributed by atoms with van der Waals surface area (Å²) < 4.78 is 0. The molecule has 2 nitrogen and oxygen atoms in total. The van der Waals surface area contributed by atoms with Gasteiger partial charge < -0.3 is 10.6 Å². The molecule has 0 bridgehead atoms. The van der Waals surface area contributed by atoms with Crippen LogP contribution in [-0.2, 0) is 12.8 Å². The van der Waals surface area contributed by atoms with E-state index < -0.39 is 0 Å². The van der Waals surface area contributed by atoms with Crippen molar-refractivity contribution in [1.82, 2.24) is 0 Å². The molecule has 0 unspecified atom stereocenters. The number of fused-ring (bicyclic) bond motifs is 1. The van der Waals surface area contributed by atoms with Crippen molar-refractivity contribution < 1.29 is 0 Å². The fourth-order valence-electron chi connectivity index (χ4n) is 2.24. The van der Waals surface area contributed by atoms with Crippen LogP contribution in [0, 0.1) is 0 Å². The van der Waals surface area contributed by atoms with Crippen LogP contribution in [-0.4, -0.2) is 19.1 Å². The van der Waals surface area contributed by atoms with Gasteiger partial charge in [0.1, 0.15) is 0 Å². The van der Waals surface area contributed by atoms with Crippen LogP contribution in [0.15, 0.2) is 18.2 Å². The number of nitrogens with zero attached hydrogens (tertiary/aromatic N) is 1. The highest BCUT2D eigenvalue weighted by molar-refractivity contribution is 5.58. The highest BCUT2D eigenvalue weighted by Crippen LogP contribution is 2.28. The molecule has 0 saturated carbocycles. The fraction of sp³-hybridized carbons (Fsp3) is 0.571. The fourth-order valence-corrected chi connectivity index (χ4v) is 2.24. The first-order valence-corrected chi connectivity index (χ1v) is 6.07. The molecular weight excluding hydrogens is 196 g/mol. The van der Waals surface area contributed by atoms with Gasteiger partial charge in [-0.15, -0.1) is 0 Å². The van der Waals surface area contributed by atoms with Crippen LogP contribution in [0.4, 0.5) is 5.69 Å². The molecule has 0 amide bonds. The van der Waals surface area contributed by atoms with Crippen LogP contribution in [0.3, 0.4) is 0 Å². The molecular formula is C14H22N2. The van der Waals surface area contributed by atoms with Crippen molar-refractivity contribution in [1.29, 1.82) is 0 Å². The van der Waals surface area contributed by atoms with E-state index in [1.54, 1.807) is 0 Å². The van der Waals surface area contributed by atoms with Crippen LogP contribution in [0.2, 0.25) is 0 Å². The molecule has 0 atom stereocenters. The van der Waals surface area contributed by atoms with Gasteiger partial charge in [-0.25, -0.2) is 0 Å². The standard InChI is InChI=1S/C14H22N2/c1-14(2,15)8-6-11-4-5-13-12(10-11)7-9-16(13)3/h4-5,10H,6-9,15H2,1-3H3. The molecule has 0 aliphatic carbocycles. The van der Waals surface area contributed by atoms with Crippen molar-refractivity contribution in [2.24, 2.45) is 5.73 Å². The van der Waals surface area contributed by atoms with Crippen LogP contribution in [0.5, 0.6) is 0 Å². The number of likely N-dealkylation sites (N-methyl/N-ethyl adjacent to an activating group) is 1. The molecule has 16 heavy (non-hydrogen) atoms. The van der Waals surface area contributed by atoms with Crippen LogP contribution in [0.25, 0.3) is 0 Å².